The van der Waals surface area contributed by atoms with E-state index in [1.54, 1.807) is 14.2 Å². The summed E-state index contributed by atoms with van der Waals surface area (Å²) in [5.41, 5.74) is 3.47. The van der Waals surface area contributed by atoms with Gasteiger partial charge in [-0.2, -0.15) is 5.10 Å². The molecule has 148 valence electrons. The van der Waals surface area contributed by atoms with Gasteiger partial charge in [0.25, 0.3) is 0 Å². The zero-order chi connectivity index (χ0) is 19.7. The van der Waals surface area contributed by atoms with Gasteiger partial charge in [0.05, 0.1) is 31.8 Å². The van der Waals surface area contributed by atoms with Gasteiger partial charge in [0, 0.05) is 18.0 Å². The Morgan fingerprint density at radius 3 is 2.71 bits per heavy atom. The van der Waals surface area contributed by atoms with E-state index in [1.165, 1.54) is 0 Å². The maximum absolute atomic E-state index is 6.32. The van der Waals surface area contributed by atoms with Crippen molar-refractivity contribution in [3.63, 3.8) is 0 Å². The largest absolute Gasteiger partial charge is 0.493 e. The predicted octanol–water partition coefficient (Wildman–Crippen LogP) is 3.10. The van der Waals surface area contributed by atoms with Gasteiger partial charge in [-0.15, -0.1) is 0 Å². The standard InChI is InChI=1S/C21H26N4O3/c1-13-9-18-21(28-14(2)16-7-8-22-11-16)23-17(12-25(18)24-13)15-5-6-19(26-3)20(10-15)27-4/h5-6,9-10,12,14,16,22H,7-8,11H2,1-4H3/t14-,16-/m1/s1. The van der Waals surface area contributed by atoms with Crippen molar-refractivity contribution in [1.29, 1.82) is 0 Å². The number of fused-ring (bicyclic) bond motifs is 1. The Morgan fingerprint density at radius 2 is 2.00 bits per heavy atom. The zero-order valence-electron chi connectivity index (χ0n) is 16.7. The summed E-state index contributed by atoms with van der Waals surface area (Å²) in [7, 11) is 3.25. The number of nitrogens with zero attached hydrogens (tertiary/aromatic N) is 3. The van der Waals surface area contributed by atoms with Crippen LogP contribution in [0.1, 0.15) is 19.0 Å². The van der Waals surface area contributed by atoms with Crippen molar-refractivity contribution in [1.82, 2.24) is 19.9 Å². The van der Waals surface area contributed by atoms with E-state index in [0.29, 0.717) is 23.3 Å². The highest BCUT2D eigenvalue weighted by Crippen LogP contribution is 2.33. The van der Waals surface area contributed by atoms with E-state index in [-0.39, 0.29) is 6.10 Å². The van der Waals surface area contributed by atoms with E-state index < -0.39 is 0 Å². The van der Waals surface area contributed by atoms with Crippen LogP contribution in [0.25, 0.3) is 16.8 Å². The molecule has 0 amide bonds. The first-order chi connectivity index (χ1) is 13.6. The molecule has 0 bridgehead atoms. The fourth-order valence-corrected chi connectivity index (χ4v) is 3.66. The van der Waals surface area contributed by atoms with Crippen molar-refractivity contribution in [3.05, 3.63) is 36.2 Å². The molecule has 0 radical (unpaired) electrons. The summed E-state index contributed by atoms with van der Waals surface area (Å²) < 4.78 is 18.9. The van der Waals surface area contributed by atoms with Crippen LogP contribution in [0.4, 0.5) is 0 Å². The molecule has 4 rings (SSSR count). The minimum atomic E-state index is 0.0714. The molecule has 2 atom stereocenters. The number of ether oxygens (including phenoxy) is 3. The minimum absolute atomic E-state index is 0.0714. The maximum Gasteiger partial charge on any atom is 0.240 e. The molecule has 1 saturated heterocycles. The second-order valence-electron chi connectivity index (χ2n) is 7.19. The second kappa shape index (κ2) is 7.67. The topological polar surface area (TPSA) is 69.9 Å². The van der Waals surface area contributed by atoms with Gasteiger partial charge >= 0.3 is 0 Å². The molecule has 3 heterocycles. The molecule has 1 aliphatic heterocycles. The van der Waals surface area contributed by atoms with E-state index in [4.69, 9.17) is 19.2 Å². The summed E-state index contributed by atoms with van der Waals surface area (Å²) in [5, 5.41) is 7.97. The van der Waals surface area contributed by atoms with Crippen molar-refractivity contribution < 1.29 is 14.2 Å². The van der Waals surface area contributed by atoms with Gasteiger partial charge in [0.15, 0.2) is 11.5 Å². The molecule has 0 spiro atoms. The molecule has 1 aliphatic rings. The molecule has 1 aromatic carbocycles. The summed E-state index contributed by atoms with van der Waals surface area (Å²) in [5.74, 6) is 2.43. The quantitative estimate of drug-likeness (QED) is 0.706. The van der Waals surface area contributed by atoms with Gasteiger partial charge in [-0.3, -0.25) is 0 Å². The van der Waals surface area contributed by atoms with E-state index in [1.807, 2.05) is 41.9 Å². The Balaban J connectivity index is 1.75. The minimum Gasteiger partial charge on any atom is -0.493 e. The lowest BCUT2D eigenvalue weighted by Crippen LogP contribution is -2.26. The van der Waals surface area contributed by atoms with Crippen molar-refractivity contribution in [2.75, 3.05) is 27.3 Å². The van der Waals surface area contributed by atoms with Gasteiger partial charge in [-0.25, -0.2) is 9.50 Å². The van der Waals surface area contributed by atoms with E-state index >= 15 is 0 Å². The molecule has 0 unspecified atom stereocenters. The predicted molar refractivity (Wildman–Crippen MR) is 107 cm³/mol. The van der Waals surface area contributed by atoms with Gasteiger partial charge < -0.3 is 19.5 Å². The molecule has 0 aliphatic carbocycles. The van der Waals surface area contributed by atoms with Crippen molar-refractivity contribution in [2.24, 2.45) is 5.92 Å². The molecular formula is C21H26N4O3. The molecule has 3 aromatic rings. The molecule has 7 heteroatoms. The molecule has 2 aromatic heterocycles. The molecule has 1 fully saturated rings. The third-order valence-electron chi connectivity index (χ3n) is 5.28. The van der Waals surface area contributed by atoms with Gasteiger partial charge in [0.2, 0.25) is 5.88 Å². The Labute approximate surface area is 164 Å². The number of hydrogen-bond donors (Lipinski definition) is 1. The zero-order valence-corrected chi connectivity index (χ0v) is 16.7. The lowest BCUT2D eigenvalue weighted by atomic mass is 10.0. The van der Waals surface area contributed by atoms with Crippen LogP contribution in [0.2, 0.25) is 0 Å². The third-order valence-corrected chi connectivity index (χ3v) is 5.28. The fraction of sp³-hybridized carbons (Fsp3) is 0.429. The van der Waals surface area contributed by atoms with Crippen molar-refractivity contribution in [2.45, 2.75) is 26.4 Å². The summed E-state index contributed by atoms with van der Waals surface area (Å²) in [4.78, 5) is 4.83. The highest BCUT2D eigenvalue weighted by atomic mass is 16.5. The Morgan fingerprint density at radius 1 is 1.18 bits per heavy atom. The van der Waals surface area contributed by atoms with Crippen LogP contribution < -0.4 is 19.5 Å². The third kappa shape index (κ3) is 3.49. The summed E-state index contributed by atoms with van der Waals surface area (Å²) >= 11 is 0. The monoisotopic (exact) mass is 382 g/mol. The molecule has 28 heavy (non-hydrogen) atoms. The Bertz CT molecular complexity index is 979. The van der Waals surface area contributed by atoms with Crippen LogP contribution in [0.5, 0.6) is 17.4 Å². The van der Waals surface area contributed by atoms with Crippen molar-refractivity contribution in [3.8, 4) is 28.6 Å². The number of aryl methyl sites for hydroxylation is 1. The van der Waals surface area contributed by atoms with Crippen molar-refractivity contribution >= 4 is 5.52 Å². The highest BCUT2D eigenvalue weighted by Gasteiger charge is 2.24. The fourth-order valence-electron chi connectivity index (χ4n) is 3.66. The number of methoxy groups -OCH3 is 2. The number of benzene rings is 1. The van der Waals surface area contributed by atoms with Crippen LogP contribution in [-0.4, -0.2) is 48.0 Å². The Kier molecular flexibility index (Phi) is 5.09. The Hall–Kier alpha value is -2.80. The number of hydrogen-bond acceptors (Lipinski definition) is 6. The van der Waals surface area contributed by atoms with Crippen LogP contribution in [0.3, 0.4) is 0 Å². The van der Waals surface area contributed by atoms with Gasteiger partial charge in [-0.05, 0) is 51.1 Å². The lowest BCUT2D eigenvalue weighted by Gasteiger charge is -2.20. The first-order valence-electron chi connectivity index (χ1n) is 9.56. The molecule has 0 saturated carbocycles. The average molecular weight is 382 g/mol. The second-order valence-corrected chi connectivity index (χ2v) is 7.19. The van der Waals surface area contributed by atoms with Crippen LogP contribution in [0, 0.1) is 12.8 Å². The summed E-state index contributed by atoms with van der Waals surface area (Å²) in [6.45, 7) is 6.10. The van der Waals surface area contributed by atoms with Gasteiger partial charge in [-0.1, -0.05) is 0 Å². The first-order valence-corrected chi connectivity index (χ1v) is 9.56. The number of nitrogens with one attached hydrogen (secondary N) is 1. The van der Waals surface area contributed by atoms with E-state index in [0.717, 1.165) is 42.0 Å². The van der Waals surface area contributed by atoms with Gasteiger partial charge in [0.1, 0.15) is 11.6 Å². The molecular weight excluding hydrogens is 356 g/mol. The smallest absolute Gasteiger partial charge is 0.240 e. The molecule has 1 N–H and O–H groups in total. The van der Waals surface area contributed by atoms with Crippen LogP contribution >= 0.6 is 0 Å². The average Bonchev–Trinajstić information content (AvgIpc) is 3.36. The highest BCUT2D eigenvalue weighted by molar-refractivity contribution is 5.67. The summed E-state index contributed by atoms with van der Waals surface area (Å²) in [6.07, 6.45) is 3.10. The summed E-state index contributed by atoms with van der Waals surface area (Å²) in [6, 6.07) is 7.75. The van der Waals surface area contributed by atoms with E-state index in [9.17, 15) is 0 Å². The number of rotatable bonds is 6. The maximum atomic E-state index is 6.32. The molecule has 7 nitrogen and oxygen atoms in total. The van der Waals surface area contributed by atoms with Crippen LogP contribution in [-0.2, 0) is 0 Å². The van der Waals surface area contributed by atoms with E-state index in [2.05, 4.69) is 17.3 Å². The van der Waals surface area contributed by atoms with Crippen LogP contribution in [0.15, 0.2) is 30.5 Å². The first kappa shape index (κ1) is 18.6. The lowest BCUT2D eigenvalue weighted by molar-refractivity contribution is 0.156. The SMILES string of the molecule is COc1ccc(-c2cn3nc(C)cc3c(O[C@H](C)[C@@H]3CCNC3)n2)cc1OC. The normalized spacial score (nSPS) is 17.6. The number of aromatic nitrogens is 3.